The van der Waals surface area contributed by atoms with Gasteiger partial charge in [-0.1, -0.05) is 224 Å². The minimum Gasteiger partial charge on any atom is -0.394 e. The van der Waals surface area contributed by atoms with Gasteiger partial charge in [-0.2, -0.15) is 0 Å². The summed E-state index contributed by atoms with van der Waals surface area (Å²) in [6, 6.07) is -1.00. The number of unbranched alkanes of at least 4 members (excludes halogenated alkanes) is 33. The van der Waals surface area contributed by atoms with Gasteiger partial charge in [0.2, 0.25) is 5.91 Å². The predicted molar refractivity (Wildman–Crippen MR) is 247 cm³/mol. The van der Waals surface area contributed by atoms with Crippen LogP contribution in [0, 0.1) is 0 Å². The third-order valence-electron chi connectivity index (χ3n) is 11.9. The smallest absolute Gasteiger partial charge is 0.249 e. The molecule has 0 heterocycles. The van der Waals surface area contributed by atoms with Crippen molar-refractivity contribution in [3.8, 4) is 0 Å². The van der Waals surface area contributed by atoms with Crippen LogP contribution in [0.25, 0.3) is 0 Å². The molecule has 0 aromatic rings. The summed E-state index contributed by atoms with van der Waals surface area (Å²) in [5.74, 6) is -0.593. The van der Waals surface area contributed by atoms with E-state index >= 15 is 0 Å². The molecule has 0 aliphatic rings. The molecule has 0 radical (unpaired) electrons. The second kappa shape index (κ2) is 45.9. The van der Waals surface area contributed by atoms with Gasteiger partial charge in [0.05, 0.1) is 18.8 Å². The number of hydrogen-bond acceptors (Lipinski definition) is 5. The molecule has 0 saturated carbocycles. The van der Waals surface area contributed by atoms with Crippen LogP contribution >= 0.6 is 0 Å². The first-order chi connectivity index (χ1) is 28.0. The van der Waals surface area contributed by atoms with Gasteiger partial charge < -0.3 is 25.7 Å². The van der Waals surface area contributed by atoms with E-state index in [-0.39, 0.29) is 0 Å². The molecular weight excluding hydrogens is 707 g/mol. The van der Waals surface area contributed by atoms with Crippen LogP contribution in [-0.2, 0) is 4.79 Å². The van der Waals surface area contributed by atoms with Gasteiger partial charge in [-0.25, -0.2) is 0 Å². The molecule has 0 saturated heterocycles. The number of aliphatic hydroxyl groups is 4. The van der Waals surface area contributed by atoms with Crippen molar-refractivity contribution in [1.82, 2.24) is 5.32 Å². The quantitative estimate of drug-likeness (QED) is 0.0311. The van der Waals surface area contributed by atoms with Crippen LogP contribution in [0.3, 0.4) is 0 Å². The molecule has 0 aromatic heterocycles. The highest BCUT2D eigenvalue weighted by molar-refractivity contribution is 5.80. The second-order valence-electron chi connectivity index (χ2n) is 17.5. The molecule has 6 heteroatoms. The molecule has 4 unspecified atom stereocenters. The third-order valence-corrected chi connectivity index (χ3v) is 11.9. The lowest BCUT2D eigenvalue weighted by molar-refractivity contribution is -0.132. The highest BCUT2D eigenvalue weighted by atomic mass is 16.3. The minimum absolute atomic E-state index is 0.362. The molecule has 0 rings (SSSR count). The maximum Gasteiger partial charge on any atom is 0.249 e. The van der Waals surface area contributed by atoms with Gasteiger partial charge in [0.25, 0.3) is 0 Å². The van der Waals surface area contributed by atoms with Gasteiger partial charge in [0, 0.05) is 0 Å². The second-order valence-corrected chi connectivity index (χ2v) is 17.5. The van der Waals surface area contributed by atoms with E-state index < -0.39 is 36.9 Å². The average Bonchev–Trinajstić information content (AvgIpc) is 3.22. The van der Waals surface area contributed by atoms with E-state index in [4.69, 9.17) is 0 Å². The number of aliphatic hydroxyl groups excluding tert-OH is 4. The largest absolute Gasteiger partial charge is 0.394 e. The predicted octanol–water partition coefficient (Wildman–Crippen LogP) is 13.9. The fraction of sp³-hybridized carbons (Fsp3) is 0.902. The van der Waals surface area contributed by atoms with Crippen molar-refractivity contribution in [3.63, 3.8) is 0 Å². The van der Waals surface area contributed by atoms with E-state index in [2.05, 4.69) is 43.5 Å². The van der Waals surface area contributed by atoms with Crippen molar-refractivity contribution < 1.29 is 25.2 Å². The lowest BCUT2D eigenvalue weighted by Crippen LogP contribution is -2.53. The third kappa shape index (κ3) is 40.0. The lowest BCUT2D eigenvalue weighted by atomic mass is 10.00. The molecule has 1 amide bonds. The molecule has 0 spiro atoms. The Balaban J connectivity index is 3.68. The molecule has 0 aromatic carbocycles. The first-order valence-electron chi connectivity index (χ1n) is 25.2. The maximum atomic E-state index is 12.5. The Labute approximate surface area is 354 Å². The standard InChI is InChI=1S/C51H99NO5/c1-3-5-7-9-11-13-15-17-19-21-22-23-24-25-26-27-28-29-31-33-35-37-39-41-43-45-49(55)51(57)52-47(46-53)50(56)48(54)44-42-40-38-36-34-32-30-20-18-16-14-12-10-8-6-4-2/h25-26,36,38,47-50,53-56H,3-24,27-35,37,39-46H2,1-2H3,(H,52,57)/b26-25-,38-36+. The molecule has 338 valence electrons. The van der Waals surface area contributed by atoms with Crippen molar-refractivity contribution in [1.29, 1.82) is 0 Å². The first-order valence-corrected chi connectivity index (χ1v) is 25.2. The molecular formula is C51H99NO5. The summed E-state index contributed by atoms with van der Waals surface area (Å²) in [4.78, 5) is 12.5. The Bertz CT molecular complexity index is 863. The monoisotopic (exact) mass is 806 g/mol. The van der Waals surface area contributed by atoms with Crippen molar-refractivity contribution in [2.75, 3.05) is 6.61 Å². The molecule has 0 aliphatic heterocycles. The fourth-order valence-corrected chi connectivity index (χ4v) is 7.87. The summed E-state index contributed by atoms with van der Waals surface area (Å²) >= 11 is 0. The number of nitrogens with one attached hydrogen (secondary N) is 1. The van der Waals surface area contributed by atoms with Crippen molar-refractivity contribution in [2.24, 2.45) is 0 Å². The Morgan fingerprint density at radius 1 is 0.421 bits per heavy atom. The Morgan fingerprint density at radius 2 is 0.719 bits per heavy atom. The topological polar surface area (TPSA) is 110 Å². The Morgan fingerprint density at radius 3 is 1.05 bits per heavy atom. The van der Waals surface area contributed by atoms with Gasteiger partial charge in [-0.3, -0.25) is 4.79 Å². The minimum atomic E-state index is -1.28. The normalized spacial score (nSPS) is 14.1. The summed E-state index contributed by atoms with van der Waals surface area (Å²) in [7, 11) is 0. The highest BCUT2D eigenvalue weighted by Crippen LogP contribution is 2.16. The maximum absolute atomic E-state index is 12.5. The molecule has 57 heavy (non-hydrogen) atoms. The first kappa shape index (κ1) is 55.8. The van der Waals surface area contributed by atoms with E-state index in [9.17, 15) is 25.2 Å². The van der Waals surface area contributed by atoms with Gasteiger partial charge >= 0.3 is 0 Å². The molecule has 0 bridgehead atoms. The molecule has 5 N–H and O–H groups in total. The van der Waals surface area contributed by atoms with Gasteiger partial charge in [-0.15, -0.1) is 0 Å². The Kier molecular flexibility index (Phi) is 44.9. The molecule has 0 aliphatic carbocycles. The number of rotatable bonds is 46. The van der Waals surface area contributed by atoms with Crippen molar-refractivity contribution >= 4 is 5.91 Å². The summed E-state index contributed by atoms with van der Waals surface area (Å²) in [6.07, 6.45) is 53.7. The average molecular weight is 806 g/mol. The van der Waals surface area contributed by atoms with Crippen LogP contribution in [0.15, 0.2) is 24.3 Å². The summed E-state index contributed by atoms with van der Waals surface area (Å²) < 4.78 is 0. The van der Waals surface area contributed by atoms with Crippen LogP contribution in [0.1, 0.15) is 264 Å². The van der Waals surface area contributed by atoms with E-state index in [0.29, 0.717) is 12.8 Å². The van der Waals surface area contributed by atoms with Crippen LogP contribution in [0.5, 0.6) is 0 Å². The van der Waals surface area contributed by atoms with Crippen LogP contribution < -0.4 is 5.32 Å². The van der Waals surface area contributed by atoms with Gasteiger partial charge in [0.15, 0.2) is 0 Å². The van der Waals surface area contributed by atoms with Crippen LogP contribution in [-0.4, -0.2) is 57.3 Å². The number of hydrogen-bond donors (Lipinski definition) is 5. The SMILES string of the molecule is CCCCCCCCCCCCC/C=C/CCCC(O)C(O)C(CO)NC(=O)C(O)CCCCCCCCCCC/C=C\CCCCCCCCCCCCCC. The van der Waals surface area contributed by atoms with Crippen LogP contribution in [0.2, 0.25) is 0 Å². The fourth-order valence-electron chi connectivity index (χ4n) is 7.87. The number of amides is 1. The van der Waals surface area contributed by atoms with Gasteiger partial charge in [0.1, 0.15) is 12.2 Å². The zero-order valence-corrected chi connectivity index (χ0v) is 38.1. The van der Waals surface area contributed by atoms with E-state index in [0.717, 1.165) is 38.5 Å². The van der Waals surface area contributed by atoms with E-state index in [1.54, 1.807) is 0 Å². The number of carbonyl (C=O) groups excluding carboxylic acids is 1. The summed E-state index contributed by atoms with van der Waals surface area (Å²) in [5.41, 5.74) is 0. The van der Waals surface area contributed by atoms with E-state index in [1.165, 1.54) is 199 Å². The molecule has 0 fully saturated rings. The zero-order valence-electron chi connectivity index (χ0n) is 38.1. The zero-order chi connectivity index (χ0) is 41.7. The molecule has 4 atom stereocenters. The highest BCUT2D eigenvalue weighted by Gasteiger charge is 2.28. The Hall–Kier alpha value is -1.21. The van der Waals surface area contributed by atoms with Crippen LogP contribution in [0.4, 0.5) is 0 Å². The molecule has 6 nitrogen and oxygen atoms in total. The van der Waals surface area contributed by atoms with Crippen molar-refractivity contribution in [3.05, 3.63) is 24.3 Å². The van der Waals surface area contributed by atoms with E-state index in [1.807, 2.05) is 0 Å². The number of allylic oxidation sites excluding steroid dienone is 4. The summed E-state index contributed by atoms with van der Waals surface area (Å²) in [6.45, 7) is 4.06. The summed E-state index contributed by atoms with van der Waals surface area (Å²) in [5, 5.41) is 43.8. The van der Waals surface area contributed by atoms with Crippen molar-refractivity contribution in [2.45, 2.75) is 289 Å². The number of carbonyl (C=O) groups is 1. The van der Waals surface area contributed by atoms with Gasteiger partial charge in [-0.05, 0) is 64.2 Å². The lowest BCUT2D eigenvalue weighted by Gasteiger charge is -2.27.